The third kappa shape index (κ3) is 4.68. The summed E-state index contributed by atoms with van der Waals surface area (Å²) in [6, 6.07) is 64.1. The van der Waals surface area contributed by atoms with Crippen LogP contribution >= 0.6 is 0 Å². The molecule has 0 saturated heterocycles. The highest BCUT2D eigenvalue weighted by atomic mass is 14.8. The first kappa shape index (κ1) is 30.9. The second kappa shape index (κ2) is 12.0. The van der Waals surface area contributed by atoms with E-state index in [0.717, 1.165) is 33.5 Å². The molecule has 0 aliphatic carbocycles. The molecule has 0 bridgehead atoms. The molecule has 2 heterocycles. The van der Waals surface area contributed by atoms with Crippen LogP contribution in [0.5, 0.6) is 0 Å². The van der Waals surface area contributed by atoms with Crippen molar-refractivity contribution in [1.82, 2.24) is 15.0 Å². The Morgan fingerprint density at radius 1 is 0.304 bits per heavy atom. The third-order valence-electron chi connectivity index (χ3n) is 11.7. The first-order valence-corrected chi connectivity index (χ1v) is 19.1. The molecular formula is C53H31N3. The highest BCUT2D eigenvalue weighted by molar-refractivity contribution is 6.26. The Morgan fingerprint density at radius 2 is 0.893 bits per heavy atom. The summed E-state index contributed by atoms with van der Waals surface area (Å²) in [6.45, 7) is 0. The predicted octanol–water partition coefficient (Wildman–Crippen LogP) is 14.1. The summed E-state index contributed by atoms with van der Waals surface area (Å²) in [6.07, 6.45) is 3.59. The van der Waals surface area contributed by atoms with Gasteiger partial charge >= 0.3 is 0 Å². The molecule has 3 heteroatoms. The Labute approximate surface area is 322 Å². The zero-order valence-corrected chi connectivity index (χ0v) is 30.2. The Kier molecular flexibility index (Phi) is 6.63. The molecule has 0 saturated carbocycles. The van der Waals surface area contributed by atoms with E-state index in [-0.39, 0.29) is 0 Å². The van der Waals surface area contributed by atoms with Crippen molar-refractivity contribution >= 4 is 86.3 Å². The molecule has 0 atom stereocenters. The molecule has 0 fully saturated rings. The maximum Gasteiger partial charge on any atom is 0.159 e. The van der Waals surface area contributed by atoms with E-state index in [1.807, 2.05) is 6.07 Å². The monoisotopic (exact) mass is 709 g/mol. The summed E-state index contributed by atoms with van der Waals surface area (Å²) in [5.41, 5.74) is 6.63. The van der Waals surface area contributed by atoms with E-state index in [4.69, 9.17) is 4.98 Å². The number of nitrogens with zero attached hydrogens (tertiary/aromatic N) is 3. The molecule has 0 unspecified atom stereocenters. The van der Waals surface area contributed by atoms with Gasteiger partial charge < -0.3 is 0 Å². The molecule has 0 radical (unpaired) electrons. The summed E-state index contributed by atoms with van der Waals surface area (Å²) in [5, 5.41) is 18.4. The Bertz CT molecular complexity index is 3590. The molecule has 0 amide bonds. The zero-order valence-electron chi connectivity index (χ0n) is 30.2. The van der Waals surface area contributed by atoms with Crippen molar-refractivity contribution in [3.05, 3.63) is 188 Å². The molecule has 2 aromatic heterocycles. The SMILES string of the molecule is c1cnc(-c2ccc3c(ccc4c5ccccc5c(-c5cccc6ccc7c8ccc(-c9ccc%10ccc%11ccccc%11c%10n9)cc8ccc7c56)cc34)c2)nc1. The molecule has 0 N–H and O–H groups in total. The number of rotatable bonds is 3. The van der Waals surface area contributed by atoms with Gasteiger partial charge in [-0.1, -0.05) is 146 Å². The van der Waals surface area contributed by atoms with Gasteiger partial charge in [-0.25, -0.2) is 15.0 Å². The average molecular weight is 710 g/mol. The average Bonchev–Trinajstić information content (AvgIpc) is 3.27. The van der Waals surface area contributed by atoms with Crippen LogP contribution in [0.25, 0.3) is 120 Å². The van der Waals surface area contributed by atoms with Crippen molar-refractivity contribution in [1.29, 1.82) is 0 Å². The van der Waals surface area contributed by atoms with Gasteiger partial charge in [0.05, 0.1) is 11.2 Å². The predicted molar refractivity (Wildman–Crippen MR) is 236 cm³/mol. The minimum atomic E-state index is 0.735. The summed E-state index contributed by atoms with van der Waals surface area (Å²) in [7, 11) is 0. The lowest BCUT2D eigenvalue weighted by molar-refractivity contribution is 1.18. The van der Waals surface area contributed by atoms with Gasteiger partial charge in [0.2, 0.25) is 0 Å². The Hall–Kier alpha value is -7.49. The van der Waals surface area contributed by atoms with Gasteiger partial charge in [0.25, 0.3) is 0 Å². The molecule has 3 nitrogen and oxygen atoms in total. The lowest BCUT2D eigenvalue weighted by Gasteiger charge is -2.17. The van der Waals surface area contributed by atoms with Crippen LogP contribution in [0.2, 0.25) is 0 Å². The van der Waals surface area contributed by atoms with Crippen molar-refractivity contribution in [3.63, 3.8) is 0 Å². The van der Waals surface area contributed by atoms with Crippen molar-refractivity contribution in [2.24, 2.45) is 0 Å². The van der Waals surface area contributed by atoms with Crippen LogP contribution in [0.4, 0.5) is 0 Å². The largest absolute Gasteiger partial charge is 0.247 e. The van der Waals surface area contributed by atoms with E-state index >= 15 is 0 Å². The lowest BCUT2D eigenvalue weighted by Crippen LogP contribution is -1.90. The number of benzene rings is 10. The molecule has 56 heavy (non-hydrogen) atoms. The van der Waals surface area contributed by atoms with E-state index in [9.17, 15) is 0 Å². The molecule has 258 valence electrons. The molecule has 12 aromatic rings. The zero-order chi connectivity index (χ0) is 36.7. The topological polar surface area (TPSA) is 38.7 Å². The van der Waals surface area contributed by atoms with Crippen molar-refractivity contribution in [2.75, 3.05) is 0 Å². The van der Waals surface area contributed by atoms with Crippen LogP contribution in [0, 0.1) is 0 Å². The fourth-order valence-electron chi connectivity index (χ4n) is 9.07. The quantitative estimate of drug-likeness (QED) is 0.171. The van der Waals surface area contributed by atoms with Crippen molar-refractivity contribution in [3.8, 4) is 33.8 Å². The molecule has 12 rings (SSSR count). The molecule has 10 aromatic carbocycles. The number of hydrogen-bond donors (Lipinski definition) is 0. The third-order valence-corrected chi connectivity index (χ3v) is 11.7. The van der Waals surface area contributed by atoms with Gasteiger partial charge in [-0.2, -0.15) is 0 Å². The maximum absolute atomic E-state index is 5.21. The van der Waals surface area contributed by atoms with Crippen LogP contribution in [-0.2, 0) is 0 Å². The summed E-state index contributed by atoms with van der Waals surface area (Å²) in [5.74, 6) is 0.735. The molecule has 0 aliphatic rings. The Balaban J connectivity index is 1.05. The summed E-state index contributed by atoms with van der Waals surface area (Å²) >= 11 is 0. The van der Waals surface area contributed by atoms with E-state index in [1.54, 1.807) is 12.4 Å². The number of pyridine rings is 1. The van der Waals surface area contributed by atoms with E-state index in [2.05, 4.69) is 180 Å². The number of hydrogen-bond acceptors (Lipinski definition) is 3. The van der Waals surface area contributed by atoms with E-state index in [0.29, 0.717) is 0 Å². The van der Waals surface area contributed by atoms with Crippen LogP contribution in [0.3, 0.4) is 0 Å². The first-order valence-electron chi connectivity index (χ1n) is 19.1. The van der Waals surface area contributed by atoms with Crippen LogP contribution in [0.15, 0.2) is 188 Å². The van der Waals surface area contributed by atoms with Gasteiger partial charge in [0.15, 0.2) is 5.82 Å². The normalized spacial score (nSPS) is 11.9. The Morgan fingerprint density at radius 3 is 1.75 bits per heavy atom. The highest BCUT2D eigenvalue weighted by Gasteiger charge is 2.16. The second-order valence-electron chi connectivity index (χ2n) is 14.8. The van der Waals surface area contributed by atoms with Crippen LogP contribution in [-0.4, -0.2) is 15.0 Å². The maximum atomic E-state index is 5.21. The van der Waals surface area contributed by atoms with E-state index in [1.165, 1.54) is 86.5 Å². The smallest absolute Gasteiger partial charge is 0.159 e. The highest BCUT2D eigenvalue weighted by Crippen LogP contribution is 2.43. The van der Waals surface area contributed by atoms with Crippen molar-refractivity contribution in [2.45, 2.75) is 0 Å². The standard InChI is InChI=1S/C53H31N3/c1-2-9-41-32(7-1)13-14-34-20-26-50(56-52(34)41)37-18-21-39-35(29-37)17-25-47-44(39)23-15-33-8-5-12-46(51(33)47)49-31-48-40-22-19-38(53-54-27-6-28-55-53)30-36(40)16-24-45(48)42-10-3-4-11-43(42)49/h1-31H. The lowest BCUT2D eigenvalue weighted by atomic mass is 9.87. The fraction of sp³-hybridized carbons (Fsp3) is 0. The second-order valence-corrected chi connectivity index (χ2v) is 14.8. The van der Waals surface area contributed by atoms with Crippen molar-refractivity contribution < 1.29 is 0 Å². The molecule has 0 spiro atoms. The van der Waals surface area contributed by atoms with Gasteiger partial charge in [-0.15, -0.1) is 0 Å². The minimum absolute atomic E-state index is 0.735. The van der Waals surface area contributed by atoms with Crippen LogP contribution < -0.4 is 0 Å². The fourth-order valence-corrected chi connectivity index (χ4v) is 9.07. The van der Waals surface area contributed by atoms with Crippen LogP contribution in [0.1, 0.15) is 0 Å². The molecular weight excluding hydrogens is 679 g/mol. The van der Waals surface area contributed by atoms with Gasteiger partial charge in [0, 0.05) is 34.3 Å². The van der Waals surface area contributed by atoms with Gasteiger partial charge in [0.1, 0.15) is 0 Å². The first-order chi connectivity index (χ1) is 27.7. The summed E-state index contributed by atoms with van der Waals surface area (Å²) < 4.78 is 0. The van der Waals surface area contributed by atoms with Gasteiger partial charge in [-0.05, 0) is 111 Å². The molecule has 0 aliphatic heterocycles. The number of fused-ring (bicyclic) bond motifs is 13. The van der Waals surface area contributed by atoms with Gasteiger partial charge in [-0.3, -0.25) is 0 Å². The minimum Gasteiger partial charge on any atom is -0.247 e. The van der Waals surface area contributed by atoms with E-state index < -0.39 is 0 Å². The summed E-state index contributed by atoms with van der Waals surface area (Å²) in [4.78, 5) is 14.2. The number of aromatic nitrogens is 3.